The monoisotopic (exact) mass is 249 g/mol. The summed E-state index contributed by atoms with van der Waals surface area (Å²) in [6, 6.07) is 2.38. The van der Waals surface area contributed by atoms with E-state index in [4.69, 9.17) is 10.00 Å². The Labute approximate surface area is 110 Å². The largest absolute Gasteiger partial charge is 0.460 e. The molecule has 0 radical (unpaired) electrons. The smallest absolute Gasteiger partial charge is 0.310 e. The molecule has 0 saturated heterocycles. The number of carbonyl (C=O) groups is 1. The van der Waals surface area contributed by atoms with Gasteiger partial charge in [-0.2, -0.15) is 5.26 Å². The molecule has 0 aromatic carbocycles. The van der Waals surface area contributed by atoms with Crippen LogP contribution in [0.5, 0.6) is 0 Å². The number of hydrogen-bond acceptors (Lipinski definition) is 3. The predicted octanol–water partition coefficient (Wildman–Crippen LogP) is 3.75. The zero-order valence-corrected chi connectivity index (χ0v) is 11.9. The van der Waals surface area contributed by atoms with E-state index in [2.05, 4.69) is 12.1 Å². The molecule has 0 fully saturated rings. The van der Waals surface area contributed by atoms with Gasteiger partial charge >= 0.3 is 5.97 Å². The molecule has 3 nitrogen and oxygen atoms in total. The van der Waals surface area contributed by atoms with Crippen LogP contribution >= 0.6 is 0 Å². The molecule has 1 atom stereocenters. The fourth-order valence-corrected chi connectivity index (χ4v) is 2.09. The molecule has 0 saturated carbocycles. The minimum absolute atomic E-state index is 0.172. The van der Waals surface area contributed by atoms with Crippen molar-refractivity contribution in [3.8, 4) is 6.07 Å². The van der Waals surface area contributed by atoms with E-state index in [0.29, 0.717) is 6.42 Å². The van der Waals surface area contributed by atoms with Gasteiger partial charge in [-0.3, -0.25) is 4.79 Å². The van der Waals surface area contributed by atoms with Gasteiger partial charge in [0.1, 0.15) is 5.60 Å². The van der Waals surface area contributed by atoms with Crippen molar-refractivity contribution in [3.63, 3.8) is 0 Å². The molecular weight excluding hydrogens is 226 g/mol. The molecule has 18 heavy (non-hydrogen) atoms. The summed E-state index contributed by atoms with van der Waals surface area (Å²) in [4.78, 5) is 11.7. The normalized spacial score (nSPS) is 24.7. The van der Waals surface area contributed by atoms with Gasteiger partial charge < -0.3 is 4.74 Å². The summed E-state index contributed by atoms with van der Waals surface area (Å²) >= 11 is 0. The fraction of sp³-hybridized carbons (Fsp3) is 0.733. The second-order valence-electron chi connectivity index (χ2n) is 6.34. The first-order valence-corrected chi connectivity index (χ1v) is 6.55. The summed E-state index contributed by atoms with van der Waals surface area (Å²) in [5, 5.41) is 9.13. The predicted molar refractivity (Wildman–Crippen MR) is 70.7 cm³/mol. The molecule has 0 spiro atoms. The third kappa shape index (κ3) is 4.91. The van der Waals surface area contributed by atoms with Gasteiger partial charge in [-0.15, -0.1) is 0 Å². The Hall–Kier alpha value is -1.30. The Morgan fingerprint density at radius 3 is 2.72 bits per heavy atom. The lowest BCUT2D eigenvalue weighted by molar-refractivity contribution is -0.153. The second kappa shape index (κ2) is 5.56. The second-order valence-corrected chi connectivity index (χ2v) is 6.34. The van der Waals surface area contributed by atoms with Crippen molar-refractivity contribution in [2.45, 2.75) is 65.4 Å². The summed E-state index contributed by atoms with van der Waals surface area (Å²) in [6.07, 6.45) is 5.87. The zero-order chi connectivity index (χ0) is 13.8. The van der Waals surface area contributed by atoms with Crippen LogP contribution in [0.15, 0.2) is 11.6 Å². The highest BCUT2D eigenvalue weighted by atomic mass is 16.6. The molecule has 1 aliphatic carbocycles. The molecule has 1 unspecified atom stereocenters. The van der Waals surface area contributed by atoms with Crippen LogP contribution in [0.25, 0.3) is 0 Å². The average molecular weight is 249 g/mol. The van der Waals surface area contributed by atoms with Crippen LogP contribution in [-0.2, 0) is 9.53 Å². The fourth-order valence-electron chi connectivity index (χ4n) is 2.09. The number of ether oxygens (including phenoxy) is 1. The molecule has 0 aromatic rings. The van der Waals surface area contributed by atoms with Crippen LogP contribution in [0.1, 0.15) is 59.8 Å². The molecule has 0 N–H and O–H groups in total. The highest BCUT2D eigenvalue weighted by Gasteiger charge is 2.26. The Morgan fingerprint density at radius 1 is 1.50 bits per heavy atom. The van der Waals surface area contributed by atoms with Crippen LogP contribution in [0.3, 0.4) is 0 Å². The topological polar surface area (TPSA) is 50.1 Å². The third-order valence-electron chi connectivity index (χ3n) is 3.19. The number of nitrogens with zero attached hydrogens (tertiary/aromatic N) is 1. The molecule has 1 rings (SSSR count). The van der Waals surface area contributed by atoms with Crippen LogP contribution < -0.4 is 0 Å². The van der Waals surface area contributed by atoms with Gasteiger partial charge in [-0.1, -0.05) is 11.6 Å². The number of carbonyl (C=O) groups excluding carboxylic acids is 1. The lowest BCUT2D eigenvalue weighted by atomic mass is 9.83. The first-order chi connectivity index (χ1) is 8.24. The maximum Gasteiger partial charge on any atom is 0.310 e. The van der Waals surface area contributed by atoms with E-state index in [1.807, 2.05) is 27.7 Å². The highest BCUT2D eigenvalue weighted by molar-refractivity contribution is 5.72. The number of rotatable bonds is 2. The van der Waals surface area contributed by atoms with Crippen molar-refractivity contribution in [1.82, 2.24) is 0 Å². The molecule has 0 bridgehead atoms. The van der Waals surface area contributed by atoms with Gasteiger partial charge in [-0.05, 0) is 53.4 Å². The maximum atomic E-state index is 11.7. The van der Waals surface area contributed by atoms with Gasteiger partial charge in [0.25, 0.3) is 0 Å². The molecule has 0 aromatic heterocycles. The third-order valence-corrected chi connectivity index (χ3v) is 3.19. The van der Waals surface area contributed by atoms with Crippen molar-refractivity contribution < 1.29 is 9.53 Å². The van der Waals surface area contributed by atoms with Gasteiger partial charge in [0.15, 0.2) is 0 Å². The molecule has 3 heteroatoms. The number of esters is 1. The number of allylic oxidation sites excluding steroid dienone is 1. The maximum absolute atomic E-state index is 11.7. The first kappa shape index (κ1) is 14.8. The Balaban J connectivity index is 2.53. The van der Waals surface area contributed by atoms with Crippen LogP contribution in [0, 0.1) is 16.7 Å². The summed E-state index contributed by atoms with van der Waals surface area (Å²) in [6.45, 7) is 7.62. The Kier molecular flexibility index (Phi) is 4.56. The number of hydrogen-bond donors (Lipinski definition) is 0. The Bertz CT molecular complexity index is 384. The number of nitriles is 1. The summed E-state index contributed by atoms with van der Waals surface area (Å²) in [5.74, 6) is -0.172. The van der Waals surface area contributed by atoms with E-state index in [1.54, 1.807) is 0 Å². The highest BCUT2D eigenvalue weighted by Crippen LogP contribution is 2.34. The molecule has 0 amide bonds. The SMILES string of the molecule is CC1(C#N)CCC=C(CC(=O)OC(C)(C)C)CC1. The van der Waals surface area contributed by atoms with E-state index in [0.717, 1.165) is 31.3 Å². The standard InChI is InChI=1S/C15H23NO2/c1-14(2,3)18-13(17)10-12-6-5-8-15(4,11-16)9-7-12/h6H,5,7-10H2,1-4H3. The van der Waals surface area contributed by atoms with E-state index >= 15 is 0 Å². The molecule has 1 aliphatic rings. The van der Waals surface area contributed by atoms with E-state index in [-0.39, 0.29) is 11.4 Å². The minimum Gasteiger partial charge on any atom is -0.460 e. The molecule has 0 heterocycles. The van der Waals surface area contributed by atoms with Gasteiger partial charge in [0.05, 0.1) is 17.9 Å². The quantitative estimate of drug-likeness (QED) is 0.553. The van der Waals surface area contributed by atoms with E-state index < -0.39 is 5.60 Å². The van der Waals surface area contributed by atoms with Gasteiger partial charge in [-0.25, -0.2) is 0 Å². The Morgan fingerprint density at radius 2 is 2.17 bits per heavy atom. The zero-order valence-electron chi connectivity index (χ0n) is 11.9. The van der Waals surface area contributed by atoms with Crippen LogP contribution in [0.4, 0.5) is 0 Å². The minimum atomic E-state index is -0.427. The van der Waals surface area contributed by atoms with Crippen molar-refractivity contribution in [1.29, 1.82) is 5.26 Å². The van der Waals surface area contributed by atoms with Crippen molar-refractivity contribution in [3.05, 3.63) is 11.6 Å². The van der Waals surface area contributed by atoms with Crippen molar-refractivity contribution >= 4 is 5.97 Å². The van der Waals surface area contributed by atoms with E-state index in [1.165, 1.54) is 0 Å². The lowest BCUT2D eigenvalue weighted by Gasteiger charge is -2.20. The summed E-state index contributed by atoms with van der Waals surface area (Å²) in [5.41, 5.74) is 0.443. The van der Waals surface area contributed by atoms with Crippen LogP contribution in [0.2, 0.25) is 0 Å². The summed E-state index contributed by atoms with van der Waals surface area (Å²) in [7, 11) is 0. The molecular formula is C15H23NO2. The van der Waals surface area contributed by atoms with Gasteiger partial charge in [0, 0.05) is 0 Å². The molecule has 0 aliphatic heterocycles. The van der Waals surface area contributed by atoms with Crippen molar-refractivity contribution in [2.75, 3.05) is 0 Å². The van der Waals surface area contributed by atoms with Crippen LogP contribution in [-0.4, -0.2) is 11.6 Å². The van der Waals surface area contributed by atoms with Gasteiger partial charge in [0.2, 0.25) is 0 Å². The first-order valence-electron chi connectivity index (χ1n) is 6.55. The summed E-state index contributed by atoms with van der Waals surface area (Å²) < 4.78 is 5.31. The van der Waals surface area contributed by atoms with E-state index in [9.17, 15) is 4.79 Å². The average Bonchev–Trinajstić information content (AvgIpc) is 2.39. The molecule has 100 valence electrons. The lowest BCUT2D eigenvalue weighted by Crippen LogP contribution is -2.24. The van der Waals surface area contributed by atoms with Crippen molar-refractivity contribution in [2.24, 2.45) is 5.41 Å².